The Kier molecular flexibility index (Phi) is 6.32. The lowest BCUT2D eigenvalue weighted by atomic mass is 9.87. The molecule has 0 aliphatic rings. The Morgan fingerprint density at radius 2 is 1.68 bits per heavy atom. The van der Waals surface area contributed by atoms with Crippen LogP contribution in [0.1, 0.15) is 69.0 Å². The van der Waals surface area contributed by atoms with E-state index in [0.717, 1.165) is 5.75 Å². The van der Waals surface area contributed by atoms with Crippen LogP contribution >= 0.6 is 0 Å². The third-order valence-corrected chi connectivity index (χ3v) is 4.41. The SMILES string of the molecule is Cc1nc(C(C)(C)C)[nH]c(=O)c1C(=O)NCCOc1ccc(C(C)(C)C)cc1. The van der Waals surface area contributed by atoms with Crippen molar-refractivity contribution in [3.05, 3.63) is 57.3 Å². The first-order chi connectivity index (χ1) is 12.9. The van der Waals surface area contributed by atoms with Gasteiger partial charge in [-0.15, -0.1) is 0 Å². The van der Waals surface area contributed by atoms with E-state index < -0.39 is 11.5 Å². The van der Waals surface area contributed by atoms with E-state index in [9.17, 15) is 9.59 Å². The molecule has 0 bridgehead atoms. The molecule has 1 amide bonds. The number of aromatic nitrogens is 2. The van der Waals surface area contributed by atoms with Crippen LogP contribution in [0.25, 0.3) is 0 Å². The van der Waals surface area contributed by atoms with Crippen molar-refractivity contribution < 1.29 is 9.53 Å². The van der Waals surface area contributed by atoms with Gasteiger partial charge in [0.15, 0.2) is 0 Å². The maximum absolute atomic E-state index is 12.4. The summed E-state index contributed by atoms with van der Waals surface area (Å²) in [6, 6.07) is 7.93. The van der Waals surface area contributed by atoms with Gasteiger partial charge in [-0.3, -0.25) is 9.59 Å². The van der Waals surface area contributed by atoms with Crippen molar-refractivity contribution in [2.24, 2.45) is 0 Å². The van der Waals surface area contributed by atoms with E-state index in [0.29, 0.717) is 24.7 Å². The number of aromatic amines is 1. The third-order valence-electron chi connectivity index (χ3n) is 4.41. The van der Waals surface area contributed by atoms with Gasteiger partial charge in [-0.2, -0.15) is 0 Å². The molecular formula is C22H31N3O3. The van der Waals surface area contributed by atoms with Gasteiger partial charge in [0.1, 0.15) is 23.7 Å². The van der Waals surface area contributed by atoms with Gasteiger partial charge in [-0.1, -0.05) is 53.7 Å². The Bertz CT molecular complexity index is 885. The Morgan fingerprint density at radius 3 is 2.18 bits per heavy atom. The number of hydrogen-bond acceptors (Lipinski definition) is 4. The highest BCUT2D eigenvalue weighted by Gasteiger charge is 2.22. The Balaban J connectivity index is 1.94. The largest absolute Gasteiger partial charge is 0.492 e. The fourth-order valence-corrected chi connectivity index (χ4v) is 2.68. The summed E-state index contributed by atoms with van der Waals surface area (Å²) < 4.78 is 5.67. The quantitative estimate of drug-likeness (QED) is 0.772. The minimum atomic E-state index is -0.446. The van der Waals surface area contributed by atoms with Crippen molar-refractivity contribution in [1.29, 1.82) is 0 Å². The molecule has 0 saturated heterocycles. The highest BCUT2D eigenvalue weighted by Crippen LogP contribution is 2.24. The molecule has 152 valence electrons. The van der Waals surface area contributed by atoms with E-state index >= 15 is 0 Å². The van der Waals surface area contributed by atoms with Crippen molar-refractivity contribution in [3.8, 4) is 5.75 Å². The van der Waals surface area contributed by atoms with Crippen molar-refractivity contribution in [2.45, 2.75) is 59.3 Å². The third kappa shape index (κ3) is 5.44. The van der Waals surface area contributed by atoms with Crippen LogP contribution in [0.3, 0.4) is 0 Å². The number of amides is 1. The van der Waals surface area contributed by atoms with Gasteiger partial charge < -0.3 is 15.0 Å². The molecule has 2 aromatic rings. The molecule has 0 saturated carbocycles. The number of carbonyl (C=O) groups is 1. The molecule has 0 spiro atoms. The van der Waals surface area contributed by atoms with Gasteiger partial charge in [0.25, 0.3) is 11.5 Å². The lowest BCUT2D eigenvalue weighted by Gasteiger charge is -2.19. The molecule has 0 radical (unpaired) electrons. The molecule has 6 heteroatoms. The minimum Gasteiger partial charge on any atom is -0.492 e. The number of rotatable bonds is 5. The second-order valence-electron chi connectivity index (χ2n) is 9.00. The molecule has 0 aliphatic heterocycles. The Labute approximate surface area is 166 Å². The molecule has 28 heavy (non-hydrogen) atoms. The smallest absolute Gasteiger partial charge is 0.264 e. The summed E-state index contributed by atoms with van der Waals surface area (Å²) >= 11 is 0. The number of aryl methyl sites for hydroxylation is 1. The second kappa shape index (κ2) is 8.17. The molecule has 1 heterocycles. The predicted molar refractivity (Wildman–Crippen MR) is 111 cm³/mol. The first kappa shape index (κ1) is 21.7. The number of nitrogens with zero attached hydrogens (tertiary/aromatic N) is 1. The van der Waals surface area contributed by atoms with Crippen LogP contribution in [0.5, 0.6) is 5.75 Å². The summed E-state index contributed by atoms with van der Waals surface area (Å²) in [7, 11) is 0. The molecule has 1 aromatic heterocycles. The highest BCUT2D eigenvalue weighted by molar-refractivity contribution is 5.94. The number of ether oxygens (including phenoxy) is 1. The normalized spacial score (nSPS) is 12.0. The van der Waals surface area contributed by atoms with E-state index in [2.05, 4.69) is 36.1 Å². The summed E-state index contributed by atoms with van der Waals surface area (Å²) in [6.07, 6.45) is 0. The standard InChI is InChI=1S/C22H31N3O3/c1-14-17(19(27)25-20(24-14)22(5,6)7)18(26)23-12-13-28-16-10-8-15(9-11-16)21(2,3)4/h8-11H,12-13H2,1-7H3,(H,23,26)(H,24,25,27). The van der Waals surface area contributed by atoms with Crippen molar-refractivity contribution in [2.75, 3.05) is 13.2 Å². The summed E-state index contributed by atoms with van der Waals surface area (Å²) in [4.78, 5) is 31.8. The summed E-state index contributed by atoms with van der Waals surface area (Å²) in [6.45, 7) is 14.6. The van der Waals surface area contributed by atoms with Crippen LogP contribution in [-0.2, 0) is 10.8 Å². The average molecular weight is 386 g/mol. The molecule has 0 atom stereocenters. The van der Waals surface area contributed by atoms with Crippen LogP contribution in [0.4, 0.5) is 0 Å². The van der Waals surface area contributed by atoms with E-state index in [1.54, 1.807) is 6.92 Å². The summed E-state index contributed by atoms with van der Waals surface area (Å²) in [5, 5.41) is 2.72. The molecule has 0 unspecified atom stereocenters. The number of H-pyrrole nitrogens is 1. The maximum atomic E-state index is 12.4. The topological polar surface area (TPSA) is 84.1 Å². The molecule has 6 nitrogen and oxygen atoms in total. The Hall–Kier alpha value is -2.63. The van der Waals surface area contributed by atoms with Crippen LogP contribution in [-0.4, -0.2) is 29.0 Å². The van der Waals surface area contributed by atoms with Crippen LogP contribution in [0.2, 0.25) is 0 Å². The van der Waals surface area contributed by atoms with Gasteiger partial charge in [-0.25, -0.2) is 4.98 Å². The summed E-state index contributed by atoms with van der Waals surface area (Å²) in [5.41, 5.74) is 1.07. The lowest BCUT2D eigenvalue weighted by molar-refractivity contribution is 0.0944. The van der Waals surface area contributed by atoms with Crippen LogP contribution in [0.15, 0.2) is 29.1 Å². The molecule has 0 fully saturated rings. The molecule has 2 rings (SSSR count). The molecular weight excluding hydrogens is 354 g/mol. The highest BCUT2D eigenvalue weighted by atomic mass is 16.5. The number of nitrogens with one attached hydrogen (secondary N) is 2. The van der Waals surface area contributed by atoms with E-state index in [4.69, 9.17) is 4.74 Å². The number of hydrogen-bond donors (Lipinski definition) is 2. The average Bonchev–Trinajstić information content (AvgIpc) is 2.57. The Morgan fingerprint density at radius 1 is 1.07 bits per heavy atom. The van der Waals surface area contributed by atoms with Crippen molar-refractivity contribution in [1.82, 2.24) is 15.3 Å². The predicted octanol–water partition coefficient (Wildman–Crippen LogP) is 3.48. The number of carbonyl (C=O) groups excluding carboxylic acids is 1. The van der Waals surface area contributed by atoms with E-state index in [-0.39, 0.29) is 16.4 Å². The van der Waals surface area contributed by atoms with Gasteiger partial charge in [-0.05, 0) is 30.0 Å². The van der Waals surface area contributed by atoms with Gasteiger partial charge >= 0.3 is 0 Å². The van der Waals surface area contributed by atoms with Gasteiger partial charge in [0.2, 0.25) is 0 Å². The lowest BCUT2D eigenvalue weighted by Crippen LogP contribution is -2.35. The van der Waals surface area contributed by atoms with E-state index in [1.165, 1.54) is 5.56 Å². The zero-order chi connectivity index (χ0) is 21.1. The molecule has 2 N–H and O–H groups in total. The molecule has 1 aromatic carbocycles. The first-order valence-corrected chi connectivity index (χ1v) is 9.52. The van der Waals surface area contributed by atoms with Crippen LogP contribution in [0, 0.1) is 6.92 Å². The zero-order valence-electron chi connectivity index (χ0n) is 17.9. The second-order valence-corrected chi connectivity index (χ2v) is 9.00. The first-order valence-electron chi connectivity index (χ1n) is 9.52. The van der Waals surface area contributed by atoms with Crippen molar-refractivity contribution >= 4 is 5.91 Å². The van der Waals surface area contributed by atoms with Crippen molar-refractivity contribution in [3.63, 3.8) is 0 Å². The number of benzene rings is 1. The molecule has 0 aliphatic carbocycles. The monoisotopic (exact) mass is 385 g/mol. The van der Waals surface area contributed by atoms with Gasteiger partial charge in [0, 0.05) is 5.41 Å². The van der Waals surface area contributed by atoms with Gasteiger partial charge in [0.05, 0.1) is 12.2 Å². The zero-order valence-corrected chi connectivity index (χ0v) is 17.9. The van der Waals surface area contributed by atoms with Crippen LogP contribution < -0.4 is 15.6 Å². The maximum Gasteiger partial charge on any atom is 0.264 e. The fourth-order valence-electron chi connectivity index (χ4n) is 2.68. The minimum absolute atomic E-state index is 0.0440. The van der Waals surface area contributed by atoms with E-state index in [1.807, 2.05) is 45.0 Å². The summed E-state index contributed by atoms with van der Waals surface area (Å²) in [5.74, 6) is 0.861. The fraction of sp³-hybridized carbons (Fsp3) is 0.500.